The van der Waals surface area contributed by atoms with Crippen LogP contribution in [0.15, 0.2) is 42.7 Å². The highest BCUT2D eigenvalue weighted by Crippen LogP contribution is 2.24. The third-order valence-corrected chi connectivity index (χ3v) is 3.93. The number of hydrogen-bond donors (Lipinski definition) is 1. The lowest BCUT2D eigenvalue weighted by molar-refractivity contribution is 0.509. The Labute approximate surface area is 137 Å². The average molecular weight is 308 g/mol. The zero-order valence-corrected chi connectivity index (χ0v) is 14.1. The minimum absolute atomic E-state index is 0.608. The van der Waals surface area contributed by atoms with Crippen LogP contribution in [0, 0.1) is 5.92 Å². The quantitative estimate of drug-likeness (QED) is 0.740. The van der Waals surface area contributed by atoms with E-state index in [1.807, 2.05) is 12.3 Å². The smallest absolute Gasteiger partial charge is 0.128 e. The lowest BCUT2D eigenvalue weighted by Gasteiger charge is -2.13. The van der Waals surface area contributed by atoms with Crippen LogP contribution in [-0.2, 0) is 19.5 Å². The van der Waals surface area contributed by atoms with Crippen molar-refractivity contribution in [2.24, 2.45) is 5.92 Å². The van der Waals surface area contributed by atoms with Gasteiger partial charge in [0.1, 0.15) is 5.82 Å². The summed E-state index contributed by atoms with van der Waals surface area (Å²) in [4.78, 5) is 9.19. The maximum absolute atomic E-state index is 4.70. The Kier molecular flexibility index (Phi) is 4.60. The predicted octanol–water partition coefficient (Wildman–Crippen LogP) is 4.26. The van der Waals surface area contributed by atoms with Crippen LogP contribution in [0.2, 0.25) is 0 Å². The van der Waals surface area contributed by atoms with E-state index in [4.69, 9.17) is 4.98 Å². The van der Waals surface area contributed by atoms with Gasteiger partial charge in [0, 0.05) is 35.7 Å². The molecule has 0 aliphatic heterocycles. The predicted molar refractivity (Wildman–Crippen MR) is 95.5 cm³/mol. The summed E-state index contributed by atoms with van der Waals surface area (Å²) in [5.74, 6) is 1.68. The molecular formula is C19H24N4. The van der Waals surface area contributed by atoms with Gasteiger partial charge in [0.25, 0.3) is 0 Å². The van der Waals surface area contributed by atoms with E-state index in [1.54, 1.807) is 0 Å². The third kappa shape index (κ3) is 3.52. The van der Waals surface area contributed by atoms with E-state index in [-0.39, 0.29) is 0 Å². The van der Waals surface area contributed by atoms with Gasteiger partial charge in [-0.05, 0) is 24.5 Å². The number of imidazole rings is 1. The second-order valence-electron chi connectivity index (χ2n) is 6.28. The molecule has 0 radical (unpaired) electrons. The van der Waals surface area contributed by atoms with E-state index >= 15 is 0 Å². The number of pyridine rings is 1. The highest BCUT2D eigenvalue weighted by molar-refractivity contribution is 5.91. The van der Waals surface area contributed by atoms with Crippen LogP contribution in [0.3, 0.4) is 0 Å². The van der Waals surface area contributed by atoms with Crippen molar-refractivity contribution in [3.63, 3.8) is 0 Å². The Morgan fingerprint density at radius 3 is 2.83 bits per heavy atom. The molecule has 0 saturated heterocycles. The van der Waals surface area contributed by atoms with Crippen LogP contribution in [0.25, 0.3) is 10.9 Å². The lowest BCUT2D eigenvalue weighted by Crippen LogP contribution is -2.11. The number of anilines is 1. The highest BCUT2D eigenvalue weighted by atomic mass is 15.1. The molecule has 0 unspecified atom stereocenters. The summed E-state index contributed by atoms with van der Waals surface area (Å²) in [5.41, 5.74) is 3.28. The Bertz CT molecular complexity index is 789. The highest BCUT2D eigenvalue weighted by Gasteiger charge is 2.08. The number of hydrogen-bond acceptors (Lipinski definition) is 3. The van der Waals surface area contributed by atoms with Gasteiger partial charge >= 0.3 is 0 Å². The maximum atomic E-state index is 4.70. The van der Waals surface area contributed by atoms with Gasteiger partial charge in [0.15, 0.2) is 0 Å². The van der Waals surface area contributed by atoms with Gasteiger partial charge in [-0.2, -0.15) is 0 Å². The molecule has 0 amide bonds. The van der Waals surface area contributed by atoms with Crippen LogP contribution in [0.1, 0.15) is 32.3 Å². The van der Waals surface area contributed by atoms with E-state index in [0.29, 0.717) is 5.92 Å². The van der Waals surface area contributed by atoms with E-state index in [2.05, 4.69) is 66.1 Å². The summed E-state index contributed by atoms with van der Waals surface area (Å²) in [7, 11) is 0. The number of aryl methyl sites for hydroxylation is 1. The first kappa shape index (κ1) is 15.5. The summed E-state index contributed by atoms with van der Waals surface area (Å²) < 4.78 is 2.22. The van der Waals surface area contributed by atoms with Crippen LogP contribution in [0.5, 0.6) is 0 Å². The minimum Gasteiger partial charge on any atom is -0.377 e. The van der Waals surface area contributed by atoms with Gasteiger partial charge in [0.05, 0.1) is 12.1 Å². The summed E-state index contributed by atoms with van der Waals surface area (Å²) in [5, 5.41) is 4.71. The van der Waals surface area contributed by atoms with Crippen molar-refractivity contribution in [1.82, 2.24) is 14.5 Å². The van der Waals surface area contributed by atoms with Crippen molar-refractivity contribution in [2.75, 3.05) is 5.32 Å². The Morgan fingerprint density at radius 1 is 1.22 bits per heavy atom. The van der Waals surface area contributed by atoms with Crippen LogP contribution in [-0.4, -0.2) is 14.5 Å². The molecule has 1 aromatic carbocycles. The van der Waals surface area contributed by atoms with Gasteiger partial charge in [-0.1, -0.05) is 39.0 Å². The molecule has 0 aliphatic carbocycles. The molecule has 23 heavy (non-hydrogen) atoms. The molecule has 2 heterocycles. The van der Waals surface area contributed by atoms with Crippen LogP contribution in [0.4, 0.5) is 5.69 Å². The first-order chi connectivity index (χ1) is 11.2. The molecule has 0 atom stereocenters. The normalized spacial score (nSPS) is 11.3. The van der Waals surface area contributed by atoms with Crippen molar-refractivity contribution in [3.05, 3.63) is 54.2 Å². The molecule has 1 N–H and O–H groups in total. The largest absolute Gasteiger partial charge is 0.377 e. The number of para-hydroxylation sites is 1. The molecule has 0 bridgehead atoms. The maximum Gasteiger partial charge on any atom is 0.128 e. The van der Waals surface area contributed by atoms with Crippen LogP contribution >= 0.6 is 0 Å². The molecule has 0 saturated carbocycles. The Hall–Kier alpha value is -2.36. The van der Waals surface area contributed by atoms with Crippen molar-refractivity contribution >= 4 is 16.6 Å². The summed E-state index contributed by atoms with van der Waals surface area (Å²) >= 11 is 0. The number of aromatic nitrogens is 3. The molecule has 3 aromatic rings. The SMILES string of the molecule is CCc1cc(NCc2nccn2CC(C)C)c2ccccc2n1. The summed E-state index contributed by atoms with van der Waals surface area (Å²) in [6, 6.07) is 10.4. The number of nitrogens with one attached hydrogen (secondary N) is 1. The first-order valence-electron chi connectivity index (χ1n) is 8.30. The molecule has 0 fully saturated rings. The Balaban J connectivity index is 1.86. The van der Waals surface area contributed by atoms with Gasteiger partial charge in [-0.25, -0.2) is 4.98 Å². The van der Waals surface area contributed by atoms with E-state index in [0.717, 1.165) is 47.6 Å². The molecule has 0 spiro atoms. The van der Waals surface area contributed by atoms with E-state index in [9.17, 15) is 0 Å². The fourth-order valence-electron chi connectivity index (χ4n) is 2.80. The van der Waals surface area contributed by atoms with Crippen LogP contribution < -0.4 is 5.32 Å². The monoisotopic (exact) mass is 308 g/mol. The third-order valence-electron chi connectivity index (χ3n) is 3.93. The summed E-state index contributed by atoms with van der Waals surface area (Å²) in [6.45, 7) is 8.30. The minimum atomic E-state index is 0.608. The molecular weight excluding hydrogens is 284 g/mol. The zero-order chi connectivity index (χ0) is 16.2. The second-order valence-corrected chi connectivity index (χ2v) is 6.28. The number of nitrogens with zero attached hydrogens (tertiary/aromatic N) is 3. The lowest BCUT2D eigenvalue weighted by atomic mass is 10.1. The van der Waals surface area contributed by atoms with Crippen molar-refractivity contribution in [2.45, 2.75) is 40.3 Å². The number of rotatable bonds is 6. The fourth-order valence-corrected chi connectivity index (χ4v) is 2.80. The van der Waals surface area contributed by atoms with Crippen molar-refractivity contribution in [1.29, 1.82) is 0 Å². The molecule has 4 heteroatoms. The van der Waals surface area contributed by atoms with Gasteiger partial charge in [-0.3, -0.25) is 4.98 Å². The average Bonchev–Trinajstić information content (AvgIpc) is 2.98. The van der Waals surface area contributed by atoms with Crippen molar-refractivity contribution in [3.8, 4) is 0 Å². The molecule has 120 valence electrons. The van der Waals surface area contributed by atoms with Crippen molar-refractivity contribution < 1.29 is 0 Å². The van der Waals surface area contributed by atoms with Gasteiger partial charge in [0.2, 0.25) is 0 Å². The van der Waals surface area contributed by atoms with E-state index in [1.165, 1.54) is 0 Å². The standard InChI is InChI=1S/C19H24N4/c1-4-15-11-18(16-7-5-6-8-17(16)22-15)21-12-19-20-9-10-23(19)13-14(2)3/h5-11,14H,4,12-13H2,1-3H3,(H,21,22). The number of fused-ring (bicyclic) bond motifs is 1. The van der Waals surface area contributed by atoms with Gasteiger partial charge < -0.3 is 9.88 Å². The van der Waals surface area contributed by atoms with Gasteiger partial charge in [-0.15, -0.1) is 0 Å². The molecule has 2 aromatic heterocycles. The topological polar surface area (TPSA) is 42.7 Å². The molecule has 3 rings (SSSR count). The number of benzene rings is 1. The Morgan fingerprint density at radius 2 is 2.04 bits per heavy atom. The molecule has 4 nitrogen and oxygen atoms in total. The summed E-state index contributed by atoms with van der Waals surface area (Å²) in [6.07, 6.45) is 4.86. The zero-order valence-electron chi connectivity index (χ0n) is 14.1. The van der Waals surface area contributed by atoms with E-state index < -0.39 is 0 Å². The second kappa shape index (κ2) is 6.82. The first-order valence-corrected chi connectivity index (χ1v) is 8.30. The molecule has 0 aliphatic rings. The fraction of sp³-hybridized carbons (Fsp3) is 0.368.